The van der Waals surface area contributed by atoms with Gasteiger partial charge in [-0.1, -0.05) is 209 Å². The van der Waals surface area contributed by atoms with Crippen LogP contribution in [0.2, 0.25) is 10.0 Å². The van der Waals surface area contributed by atoms with Crippen molar-refractivity contribution in [2.24, 2.45) is 0 Å². The minimum absolute atomic E-state index is 0.686. The fourth-order valence-electron chi connectivity index (χ4n) is 11.5. The number of fused-ring (bicyclic) bond motifs is 12. The molecule has 0 aliphatic rings. The van der Waals surface area contributed by atoms with E-state index in [1.54, 1.807) is 0 Å². The molecule has 7 heteroatoms. The Morgan fingerprint density at radius 2 is 0.735 bits per heavy atom. The normalized spacial score (nSPS) is 11.3. The molecule has 0 aliphatic carbocycles. The van der Waals surface area contributed by atoms with Crippen LogP contribution in [0.4, 0.5) is 28.4 Å². The molecular weight excluding hydrogens is 1120 g/mol. The quantitative estimate of drug-likeness (QED) is 0.162. The Kier molecular flexibility index (Phi) is 13.9. The molecule has 83 heavy (non-hydrogen) atoms. The van der Waals surface area contributed by atoms with E-state index >= 15 is 0 Å². The van der Waals surface area contributed by atoms with Gasteiger partial charge in [0.15, 0.2) is 0 Å². The van der Waals surface area contributed by atoms with Crippen molar-refractivity contribution in [2.75, 3.05) is 10.2 Å². The summed E-state index contributed by atoms with van der Waals surface area (Å²) in [5.41, 5.74) is 13.4. The number of anilines is 5. The molecule has 4 nitrogen and oxygen atoms in total. The summed E-state index contributed by atoms with van der Waals surface area (Å²) in [5.74, 6) is 0. The topological polar surface area (TPSA) is 41.6 Å². The van der Waals surface area contributed by atoms with Crippen LogP contribution in [-0.2, 0) is 0 Å². The molecule has 0 bridgehead atoms. The Labute approximate surface area is 498 Å². The fraction of sp³-hybridized carbons (Fsp3) is 0. The summed E-state index contributed by atoms with van der Waals surface area (Å²) < 4.78 is 13.0. The number of rotatable bonds is 7. The number of hydrogen-bond acceptors (Lipinski definition) is 4. The Morgan fingerprint density at radius 3 is 1.31 bits per heavy atom. The van der Waals surface area contributed by atoms with Crippen LogP contribution in [-0.4, -0.2) is 0 Å². The van der Waals surface area contributed by atoms with Crippen LogP contribution in [0.1, 0.15) is 0 Å². The molecule has 2 aromatic heterocycles. The van der Waals surface area contributed by atoms with Crippen molar-refractivity contribution in [3.05, 3.63) is 306 Å². The molecule has 0 aliphatic heterocycles. The Morgan fingerprint density at radius 1 is 0.289 bits per heavy atom. The summed E-state index contributed by atoms with van der Waals surface area (Å²) in [6.07, 6.45) is 0. The molecule has 396 valence electrons. The maximum absolute atomic E-state index is 6.90. The number of furan rings is 2. The third-order valence-corrected chi connectivity index (χ3v) is 16.1. The van der Waals surface area contributed by atoms with Crippen LogP contribution in [0.5, 0.6) is 0 Å². The molecule has 0 atom stereocenters. The first kappa shape index (κ1) is 51.5. The highest BCUT2D eigenvalue weighted by atomic mass is 79.9. The Balaban J connectivity index is 0.000000123. The summed E-state index contributed by atoms with van der Waals surface area (Å²) in [7, 11) is 0. The maximum atomic E-state index is 6.90. The minimum Gasteiger partial charge on any atom is -0.456 e. The minimum atomic E-state index is 0.686. The van der Waals surface area contributed by atoms with Crippen molar-refractivity contribution in [3.63, 3.8) is 0 Å². The van der Waals surface area contributed by atoms with E-state index in [1.807, 2.05) is 84.9 Å². The van der Waals surface area contributed by atoms with E-state index in [4.69, 9.17) is 32.0 Å². The monoisotopic (exact) mass is 1170 g/mol. The molecule has 1 N–H and O–H groups in total. The molecule has 0 unspecified atom stereocenters. The fourth-order valence-corrected chi connectivity index (χ4v) is 12.6. The molecular formula is C76H49BrCl2N2O2. The average Bonchev–Trinajstić information content (AvgIpc) is 4.33. The van der Waals surface area contributed by atoms with Crippen LogP contribution in [0.3, 0.4) is 0 Å². The number of nitrogens with one attached hydrogen (secondary N) is 1. The Bertz CT molecular complexity index is 5060. The average molecular weight is 1170 g/mol. The van der Waals surface area contributed by atoms with Gasteiger partial charge in [-0.15, -0.1) is 0 Å². The smallest absolute Gasteiger partial charge is 0.135 e. The number of halogens is 3. The van der Waals surface area contributed by atoms with Gasteiger partial charge in [0, 0.05) is 64.5 Å². The third-order valence-electron chi connectivity index (χ3n) is 15.2. The zero-order chi connectivity index (χ0) is 55.8. The predicted octanol–water partition coefficient (Wildman–Crippen LogP) is 24.1. The summed E-state index contributed by atoms with van der Waals surface area (Å²) in [4.78, 5) is 2.26. The van der Waals surface area contributed by atoms with E-state index in [0.29, 0.717) is 5.02 Å². The van der Waals surface area contributed by atoms with Gasteiger partial charge in [0.2, 0.25) is 0 Å². The van der Waals surface area contributed by atoms with Crippen molar-refractivity contribution in [2.45, 2.75) is 0 Å². The van der Waals surface area contributed by atoms with E-state index < -0.39 is 0 Å². The van der Waals surface area contributed by atoms with Crippen LogP contribution < -0.4 is 10.2 Å². The van der Waals surface area contributed by atoms with E-state index in [9.17, 15) is 0 Å². The van der Waals surface area contributed by atoms with E-state index in [1.165, 1.54) is 48.7 Å². The molecule has 2 heterocycles. The van der Waals surface area contributed by atoms with Gasteiger partial charge in [-0.2, -0.15) is 0 Å². The molecule has 0 amide bonds. The van der Waals surface area contributed by atoms with Gasteiger partial charge in [-0.3, -0.25) is 0 Å². The lowest BCUT2D eigenvalue weighted by Crippen LogP contribution is -2.10. The summed E-state index contributed by atoms with van der Waals surface area (Å²) >= 11 is 16.7. The van der Waals surface area contributed by atoms with Gasteiger partial charge in [0.1, 0.15) is 22.3 Å². The second-order valence-corrected chi connectivity index (χ2v) is 22.3. The summed E-state index contributed by atoms with van der Waals surface area (Å²) in [5, 5.41) is 19.3. The van der Waals surface area contributed by atoms with Crippen molar-refractivity contribution >= 4 is 155 Å². The van der Waals surface area contributed by atoms with Gasteiger partial charge < -0.3 is 19.1 Å². The van der Waals surface area contributed by atoms with Gasteiger partial charge in [0.25, 0.3) is 0 Å². The van der Waals surface area contributed by atoms with Crippen molar-refractivity contribution in [1.82, 2.24) is 0 Å². The molecule has 16 rings (SSSR count). The van der Waals surface area contributed by atoms with E-state index in [2.05, 4.69) is 232 Å². The van der Waals surface area contributed by atoms with Crippen molar-refractivity contribution in [1.29, 1.82) is 0 Å². The van der Waals surface area contributed by atoms with Crippen LogP contribution in [0, 0.1) is 0 Å². The van der Waals surface area contributed by atoms with Gasteiger partial charge in [-0.05, 0) is 187 Å². The lowest BCUT2D eigenvalue weighted by Gasteiger charge is -2.26. The first-order valence-corrected chi connectivity index (χ1v) is 29.0. The maximum Gasteiger partial charge on any atom is 0.135 e. The van der Waals surface area contributed by atoms with Crippen LogP contribution in [0.15, 0.2) is 304 Å². The summed E-state index contributed by atoms with van der Waals surface area (Å²) in [6.45, 7) is 0. The van der Waals surface area contributed by atoms with Crippen molar-refractivity contribution < 1.29 is 8.83 Å². The highest BCUT2D eigenvalue weighted by molar-refractivity contribution is 9.10. The Hall–Kier alpha value is -9.62. The van der Waals surface area contributed by atoms with Gasteiger partial charge in [-0.25, -0.2) is 0 Å². The zero-order valence-corrected chi connectivity index (χ0v) is 47.7. The first-order chi connectivity index (χ1) is 40.8. The lowest BCUT2D eigenvalue weighted by molar-refractivity contribution is 0.668. The lowest BCUT2D eigenvalue weighted by atomic mass is 9.93. The van der Waals surface area contributed by atoms with E-state index in [0.717, 1.165) is 98.5 Å². The van der Waals surface area contributed by atoms with Crippen LogP contribution >= 0.6 is 39.1 Å². The number of para-hydroxylation sites is 4. The van der Waals surface area contributed by atoms with Crippen LogP contribution in [0.25, 0.3) is 109 Å². The molecule has 0 radical (unpaired) electrons. The predicted molar refractivity (Wildman–Crippen MR) is 357 cm³/mol. The standard InChI is InChI=1S/C38H24ClNO.C20H12BrCl.C18H13NO/c39-27-20-26(35-22-25-10-4-5-13-31(25)32-14-6-7-15-33(32)35)21-30(23-27)40(28-11-2-1-3-12-28)29-18-19-38-36(24-29)34-16-8-9-17-37(34)41-38;21-15-9-14(10-16(22)12-15)20-11-13-5-1-2-6-17(13)18-7-3-4-8-19(18)20;1-2-6-13(7-3-1)19-14-10-11-18-16(12-14)15-8-4-5-9-17(15)20-18/h1-24H;1-12H;1-12,19H. The van der Waals surface area contributed by atoms with E-state index in [-0.39, 0.29) is 0 Å². The number of nitrogens with zero attached hydrogens (tertiary/aromatic N) is 1. The second-order valence-electron chi connectivity index (χ2n) is 20.5. The first-order valence-electron chi connectivity index (χ1n) is 27.4. The SMILES string of the molecule is Clc1cc(-c2cc3ccccc3c3ccccc23)cc(N(c2ccccc2)c2ccc3oc4ccccc4c3c2)c1.Clc1cc(Br)cc(-c2cc3ccccc3c3ccccc23)c1.c1ccc(Nc2ccc3oc4ccccc4c3c2)cc1. The van der Waals surface area contributed by atoms with Gasteiger partial charge in [0.05, 0.1) is 0 Å². The second kappa shape index (κ2) is 22.4. The molecule has 16 aromatic rings. The number of hydrogen-bond donors (Lipinski definition) is 1. The largest absolute Gasteiger partial charge is 0.456 e. The van der Waals surface area contributed by atoms with Crippen molar-refractivity contribution in [3.8, 4) is 22.3 Å². The molecule has 0 fully saturated rings. The summed E-state index contributed by atoms with van der Waals surface area (Å²) in [6, 6.07) is 101. The molecule has 0 spiro atoms. The zero-order valence-electron chi connectivity index (χ0n) is 44.6. The highest BCUT2D eigenvalue weighted by Crippen LogP contribution is 2.44. The number of benzene rings is 14. The van der Waals surface area contributed by atoms with Gasteiger partial charge >= 0.3 is 0 Å². The molecule has 0 saturated heterocycles. The third kappa shape index (κ3) is 10.3. The highest BCUT2D eigenvalue weighted by Gasteiger charge is 2.19. The molecule has 14 aromatic carbocycles. The molecule has 0 saturated carbocycles.